The van der Waals surface area contributed by atoms with Crippen LogP contribution in [0.3, 0.4) is 0 Å². The Morgan fingerprint density at radius 3 is 1.45 bits per heavy atom. The Morgan fingerprint density at radius 1 is 0.466 bits per heavy atom. The van der Waals surface area contributed by atoms with Gasteiger partial charge in [0.15, 0.2) is 0 Å². The number of carbonyl (C=O) groups excluding carboxylic acids is 2. The van der Waals surface area contributed by atoms with Crippen molar-refractivity contribution in [2.24, 2.45) is 5.92 Å². The van der Waals surface area contributed by atoms with Gasteiger partial charge >= 0.3 is 5.97 Å². The fourth-order valence-corrected chi connectivity index (χ4v) is 8.15. The number of nitrogens with zero attached hydrogens (tertiary/aromatic N) is 2. The fourth-order valence-electron chi connectivity index (χ4n) is 8.15. The highest BCUT2D eigenvalue weighted by Gasteiger charge is 2.24. The average molecular weight is 819 g/mol. The van der Waals surface area contributed by atoms with E-state index in [1.54, 1.807) is 0 Å². The van der Waals surface area contributed by atoms with Crippen molar-refractivity contribution in [1.82, 2.24) is 9.96 Å². The summed E-state index contributed by atoms with van der Waals surface area (Å²) in [7, 11) is 4.20. The zero-order valence-corrected chi connectivity index (χ0v) is 40.1. The smallest absolute Gasteiger partial charge is 0.305 e. The van der Waals surface area contributed by atoms with E-state index >= 15 is 0 Å². The van der Waals surface area contributed by atoms with Crippen molar-refractivity contribution < 1.29 is 19.2 Å². The third-order valence-electron chi connectivity index (χ3n) is 12.0. The maximum atomic E-state index is 13.8. The van der Waals surface area contributed by atoms with Crippen LogP contribution >= 0.6 is 0 Å². The molecule has 0 fully saturated rings. The molecule has 0 aliphatic heterocycles. The van der Waals surface area contributed by atoms with Gasteiger partial charge in [-0.1, -0.05) is 207 Å². The number of rotatable bonds is 46. The molecule has 6 nitrogen and oxygen atoms in total. The van der Waals surface area contributed by atoms with Crippen LogP contribution in [0, 0.1) is 5.92 Å². The van der Waals surface area contributed by atoms with E-state index in [0.29, 0.717) is 32.0 Å². The molecule has 0 aromatic carbocycles. The van der Waals surface area contributed by atoms with Crippen LogP contribution in [0.5, 0.6) is 0 Å². The zero-order chi connectivity index (χ0) is 42.6. The Balaban J connectivity index is 5.07. The minimum absolute atomic E-state index is 0.0216. The van der Waals surface area contributed by atoms with Gasteiger partial charge < -0.3 is 9.64 Å². The normalized spacial score (nSPS) is 12.3. The van der Waals surface area contributed by atoms with Crippen molar-refractivity contribution in [3.05, 3.63) is 12.2 Å². The number of ether oxygens (including phenoxy) is 1. The molecule has 0 bridgehead atoms. The van der Waals surface area contributed by atoms with Crippen LogP contribution in [0.1, 0.15) is 265 Å². The van der Waals surface area contributed by atoms with Gasteiger partial charge in [0.25, 0.3) is 0 Å². The van der Waals surface area contributed by atoms with Crippen LogP contribution in [-0.4, -0.2) is 61.7 Å². The van der Waals surface area contributed by atoms with Crippen LogP contribution in [0.4, 0.5) is 0 Å². The number of unbranched alkanes of at least 4 members (excludes halogenated alkanes) is 23. The van der Waals surface area contributed by atoms with Crippen LogP contribution in [0.15, 0.2) is 12.2 Å². The van der Waals surface area contributed by atoms with E-state index in [2.05, 4.69) is 58.8 Å². The van der Waals surface area contributed by atoms with E-state index < -0.39 is 0 Å². The van der Waals surface area contributed by atoms with Crippen molar-refractivity contribution >= 4 is 11.9 Å². The monoisotopic (exact) mass is 819 g/mol. The first-order chi connectivity index (χ1) is 28.4. The first kappa shape index (κ1) is 56.6. The van der Waals surface area contributed by atoms with E-state index in [4.69, 9.17) is 9.57 Å². The second-order valence-electron chi connectivity index (χ2n) is 18.1. The highest BCUT2D eigenvalue weighted by molar-refractivity contribution is 5.75. The number of esters is 1. The Labute approximate surface area is 363 Å². The van der Waals surface area contributed by atoms with Crippen LogP contribution in [0.25, 0.3) is 0 Å². The molecule has 0 N–H and O–H groups in total. The fraction of sp³-hybridized carbons (Fsp3) is 0.923. The molecular formula is C52H102N2O4. The lowest BCUT2D eigenvalue weighted by Crippen LogP contribution is -2.40. The summed E-state index contributed by atoms with van der Waals surface area (Å²) >= 11 is 0. The molecule has 0 aromatic rings. The Hall–Kier alpha value is -1.40. The van der Waals surface area contributed by atoms with Gasteiger partial charge in [0, 0.05) is 12.8 Å². The lowest BCUT2D eigenvalue weighted by Gasteiger charge is -2.31. The maximum absolute atomic E-state index is 13.8. The van der Waals surface area contributed by atoms with Gasteiger partial charge in [0.2, 0.25) is 5.91 Å². The summed E-state index contributed by atoms with van der Waals surface area (Å²) in [6.45, 7) is 11.2. The van der Waals surface area contributed by atoms with Gasteiger partial charge in [-0.2, -0.15) is 0 Å². The minimum atomic E-state index is -0.0216. The van der Waals surface area contributed by atoms with Crippen LogP contribution in [0.2, 0.25) is 0 Å². The molecule has 58 heavy (non-hydrogen) atoms. The minimum Gasteiger partial charge on any atom is -0.466 e. The molecule has 0 aliphatic rings. The quantitative estimate of drug-likeness (QED) is 0.0265. The largest absolute Gasteiger partial charge is 0.466 e. The molecular weight excluding hydrogens is 717 g/mol. The summed E-state index contributed by atoms with van der Waals surface area (Å²) in [5.74, 6) is 0.830. The van der Waals surface area contributed by atoms with Gasteiger partial charge in [-0.15, -0.1) is 0 Å². The van der Waals surface area contributed by atoms with Crippen molar-refractivity contribution in [2.75, 3.05) is 33.9 Å². The van der Waals surface area contributed by atoms with Gasteiger partial charge in [-0.3, -0.25) is 14.4 Å². The Morgan fingerprint density at radius 2 is 0.914 bits per heavy atom. The van der Waals surface area contributed by atoms with E-state index in [0.717, 1.165) is 83.6 Å². The molecule has 0 saturated carbocycles. The third-order valence-corrected chi connectivity index (χ3v) is 12.0. The molecule has 0 radical (unpaired) electrons. The molecule has 1 amide bonds. The summed E-state index contributed by atoms with van der Waals surface area (Å²) in [5, 5.41) is 1.83. The first-order valence-electron chi connectivity index (χ1n) is 25.8. The summed E-state index contributed by atoms with van der Waals surface area (Å²) in [6, 6.07) is 0.121. The summed E-state index contributed by atoms with van der Waals surface area (Å²) in [4.78, 5) is 35.1. The molecule has 0 saturated heterocycles. The van der Waals surface area contributed by atoms with Crippen molar-refractivity contribution in [3.63, 3.8) is 0 Å². The second kappa shape index (κ2) is 45.1. The highest BCUT2D eigenvalue weighted by Crippen LogP contribution is 2.24. The van der Waals surface area contributed by atoms with Crippen LogP contribution in [-0.2, 0) is 19.2 Å². The number of hydrogen-bond acceptors (Lipinski definition) is 5. The van der Waals surface area contributed by atoms with E-state index in [9.17, 15) is 9.59 Å². The number of hydrogen-bond donors (Lipinski definition) is 0. The average Bonchev–Trinajstić information content (AvgIpc) is 3.21. The van der Waals surface area contributed by atoms with Crippen molar-refractivity contribution in [3.8, 4) is 0 Å². The predicted octanol–water partition coefficient (Wildman–Crippen LogP) is 15.9. The summed E-state index contributed by atoms with van der Waals surface area (Å²) in [6.07, 6.45) is 47.9. The van der Waals surface area contributed by atoms with E-state index in [1.165, 1.54) is 148 Å². The van der Waals surface area contributed by atoms with Gasteiger partial charge in [-0.05, 0) is 84.3 Å². The molecule has 1 unspecified atom stereocenters. The molecule has 1 atom stereocenters. The van der Waals surface area contributed by atoms with Crippen molar-refractivity contribution in [1.29, 1.82) is 0 Å². The molecule has 0 aliphatic carbocycles. The van der Waals surface area contributed by atoms with Gasteiger partial charge in [0.1, 0.15) is 0 Å². The van der Waals surface area contributed by atoms with Crippen molar-refractivity contribution in [2.45, 2.75) is 271 Å². The summed E-state index contributed by atoms with van der Waals surface area (Å²) in [5.41, 5.74) is 0. The Bertz CT molecular complexity index is 879. The first-order valence-corrected chi connectivity index (χ1v) is 25.8. The van der Waals surface area contributed by atoms with E-state index in [-0.39, 0.29) is 17.9 Å². The van der Waals surface area contributed by atoms with Gasteiger partial charge in [-0.25, -0.2) is 5.06 Å². The number of carbonyl (C=O) groups is 2. The third kappa shape index (κ3) is 38.8. The topological polar surface area (TPSA) is 59.1 Å². The molecule has 344 valence electrons. The van der Waals surface area contributed by atoms with E-state index in [1.807, 2.05) is 5.06 Å². The standard InChI is InChI=1S/C52H102N2O4/c1-7-11-15-19-21-23-27-33-41-50(54(51(55)43-36-37-46-53(5)6)58-47-38-30-24-22-20-16-12-8-2)42-34-28-29-35-44-52(56)57-48-45-49(39-31-25-17-13-9-3)40-32-26-18-14-10-4/h24,30,49-50H,7-23,25-29,31-48H2,1-6H3/b30-24-. The highest BCUT2D eigenvalue weighted by atomic mass is 16.7. The molecule has 0 aromatic heterocycles. The number of allylic oxidation sites excluding steroid dienone is 1. The number of hydroxylamine groups is 2. The number of amides is 1. The lowest BCUT2D eigenvalue weighted by atomic mass is 9.92. The molecule has 0 spiro atoms. The zero-order valence-electron chi connectivity index (χ0n) is 40.1. The lowest BCUT2D eigenvalue weighted by molar-refractivity contribution is -0.202. The molecule has 0 heterocycles. The maximum Gasteiger partial charge on any atom is 0.305 e. The Kier molecular flexibility index (Phi) is 44.0. The second-order valence-corrected chi connectivity index (χ2v) is 18.1. The molecule has 6 heteroatoms. The SMILES string of the molecule is CCCCCC/C=C\CCON(C(=O)CCCCN(C)C)C(CCCCCCCCCC)CCCCCCC(=O)OCCC(CCCCCCC)CCCCCCC. The predicted molar refractivity (Wildman–Crippen MR) is 252 cm³/mol. The summed E-state index contributed by atoms with van der Waals surface area (Å²) < 4.78 is 5.79. The van der Waals surface area contributed by atoms with Crippen LogP contribution < -0.4 is 0 Å². The van der Waals surface area contributed by atoms with Gasteiger partial charge in [0.05, 0.1) is 19.3 Å². The molecule has 0 rings (SSSR count).